The third-order valence-electron chi connectivity index (χ3n) is 11.1. The number of hydrogen-bond acceptors (Lipinski definition) is 7. The number of rotatable bonds is 11. The number of benzene rings is 4. The maximum absolute atomic E-state index is 15.5. The van der Waals surface area contributed by atoms with Gasteiger partial charge in [0.15, 0.2) is 5.82 Å². The molecule has 316 valence electrons. The summed E-state index contributed by atoms with van der Waals surface area (Å²) in [5.41, 5.74) is 1.86. The molecule has 18 heteroatoms. The predicted molar refractivity (Wildman–Crippen MR) is 224 cm³/mol. The van der Waals surface area contributed by atoms with Gasteiger partial charge in [0.2, 0.25) is 5.91 Å². The van der Waals surface area contributed by atoms with Gasteiger partial charge in [-0.25, -0.2) is 22.5 Å². The number of aryl methyl sites for hydroxylation is 3. The second kappa shape index (κ2) is 15.9. The van der Waals surface area contributed by atoms with Gasteiger partial charge in [-0.05, 0) is 84.5 Å². The number of aromatic nitrogens is 6. The van der Waals surface area contributed by atoms with Crippen molar-refractivity contribution in [3.8, 4) is 16.8 Å². The molecular weight excluding hydrogens is 842 g/mol. The SMILES string of the molecule is CSNc1nn(C)c2c(-n3c(C(Cc4cc(F)cc(F)c4)NC(=O)Cn4nc(C(F)F)c5c4C(F)(F)C(C)C5)nc4cc(-c5c(C)cccc5C)ccc4c3=O)ccc(Cl)c12. The molecule has 1 aliphatic rings. The van der Waals surface area contributed by atoms with E-state index in [4.69, 9.17) is 16.6 Å². The molecule has 0 spiro atoms. The molecule has 2 unspecified atom stereocenters. The van der Waals surface area contributed by atoms with Gasteiger partial charge in [-0.3, -0.25) is 23.5 Å². The number of anilines is 1. The average Bonchev–Trinajstić information content (AvgIpc) is 3.79. The summed E-state index contributed by atoms with van der Waals surface area (Å²) in [5, 5.41) is 12.0. The molecule has 2 atom stereocenters. The van der Waals surface area contributed by atoms with Crippen LogP contribution in [0.3, 0.4) is 0 Å². The van der Waals surface area contributed by atoms with Gasteiger partial charge >= 0.3 is 0 Å². The van der Waals surface area contributed by atoms with Crippen molar-refractivity contribution in [2.24, 2.45) is 13.0 Å². The summed E-state index contributed by atoms with van der Waals surface area (Å²) in [4.78, 5) is 34.3. The van der Waals surface area contributed by atoms with Crippen LogP contribution in [0.1, 0.15) is 58.9 Å². The van der Waals surface area contributed by atoms with Gasteiger partial charge in [0.05, 0.1) is 38.6 Å². The van der Waals surface area contributed by atoms with Crippen molar-refractivity contribution in [1.29, 1.82) is 0 Å². The minimum absolute atomic E-state index is 0.0431. The smallest absolute Gasteiger partial charge is 0.292 e. The Hall–Kier alpha value is -5.81. The Kier molecular flexibility index (Phi) is 10.9. The van der Waals surface area contributed by atoms with E-state index in [1.165, 1.54) is 28.1 Å². The fourth-order valence-electron chi connectivity index (χ4n) is 8.40. The van der Waals surface area contributed by atoms with Crippen molar-refractivity contribution in [1.82, 2.24) is 34.4 Å². The van der Waals surface area contributed by atoms with E-state index in [-0.39, 0.29) is 46.4 Å². The summed E-state index contributed by atoms with van der Waals surface area (Å²) in [6.07, 6.45) is -2.14. The molecule has 8 rings (SSSR count). The van der Waals surface area contributed by atoms with E-state index in [1.54, 1.807) is 43.6 Å². The average molecular weight is 879 g/mol. The Labute approximate surface area is 354 Å². The Balaban J connectivity index is 1.37. The van der Waals surface area contributed by atoms with E-state index in [2.05, 4.69) is 20.2 Å². The van der Waals surface area contributed by atoms with Gasteiger partial charge in [0, 0.05) is 37.3 Å². The molecule has 0 fully saturated rings. The largest absolute Gasteiger partial charge is 0.344 e. The lowest BCUT2D eigenvalue weighted by Gasteiger charge is -2.24. The Morgan fingerprint density at radius 3 is 2.39 bits per heavy atom. The van der Waals surface area contributed by atoms with E-state index in [0.717, 1.165) is 34.4 Å². The van der Waals surface area contributed by atoms with E-state index < -0.39 is 65.3 Å². The molecule has 4 aromatic carbocycles. The van der Waals surface area contributed by atoms with Crippen LogP contribution in [0.2, 0.25) is 5.02 Å². The molecule has 3 aromatic heterocycles. The lowest BCUT2D eigenvalue weighted by molar-refractivity contribution is -0.123. The van der Waals surface area contributed by atoms with Crippen LogP contribution in [-0.4, -0.2) is 41.3 Å². The van der Waals surface area contributed by atoms with Crippen LogP contribution in [-0.2, 0) is 37.2 Å². The summed E-state index contributed by atoms with van der Waals surface area (Å²) in [6, 6.07) is 15.5. The first kappa shape index (κ1) is 41.9. The van der Waals surface area contributed by atoms with Crippen LogP contribution < -0.4 is 15.6 Å². The number of amides is 1. The molecule has 1 amide bonds. The molecule has 0 saturated carbocycles. The molecule has 3 heterocycles. The summed E-state index contributed by atoms with van der Waals surface area (Å²) in [7, 11) is 1.64. The molecule has 7 aromatic rings. The number of alkyl halides is 4. The van der Waals surface area contributed by atoms with E-state index >= 15 is 13.6 Å². The summed E-state index contributed by atoms with van der Waals surface area (Å²) >= 11 is 8.00. The van der Waals surface area contributed by atoms with E-state index in [1.807, 2.05) is 32.0 Å². The van der Waals surface area contributed by atoms with Crippen LogP contribution in [0.5, 0.6) is 0 Å². The summed E-state index contributed by atoms with van der Waals surface area (Å²) < 4.78 is 95.2. The van der Waals surface area contributed by atoms with Crippen LogP contribution in [0.25, 0.3) is 38.6 Å². The third-order valence-corrected chi connectivity index (χ3v) is 11.8. The highest BCUT2D eigenvalue weighted by atomic mass is 35.5. The van der Waals surface area contributed by atoms with Crippen LogP contribution in [0.15, 0.2) is 71.5 Å². The van der Waals surface area contributed by atoms with Crippen molar-refractivity contribution in [3.05, 3.63) is 133 Å². The fraction of sp³-hybridized carbons (Fsp3) is 0.279. The molecule has 0 aliphatic heterocycles. The monoisotopic (exact) mass is 878 g/mol. The normalized spacial score (nSPS) is 15.2. The number of nitrogens with zero attached hydrogens (tertiary/aromatic N) is 6. The number of carbonyl (C=O) groups is 1. The van der Waals surface area contributed by atoms with Crippen molar-refractivity contribution >= 4 is 57.1 Å². The zero-order valence-electron chi connectivity index (χ0n) is 33.3. The van der Waals surface area contributed by atoms with Gasteiger partial charge in [-0.15, -0.1) is 0 Å². The molecule has 0 saturated heterocycles. The number of hydrogen-bond donors (Lipinski definition) is 2. The van der Waals surface area contributed by atoms with E-state index in [0.29, 0.717) is 32.5 Å². The van der Waals surface area contributed by atoms with Crippen molar-refractivity contribution in [2.45, 2.75) is 58.5 Å². The Morgan fingerprint density at radius 1 is 1.02 bits per heavy atom. The van der Waals surface area contributed by atoms with Crippen molar-refractivity contribution < 1.29 is 31.1 Å². The zero-order valence-corrected chi connectivity index (χ0v) is 34.8. The highest BCUT2D eigenvalue weighted by molar-refractivity contribution is 7.99. The lowest BCUT2D eigenvalue weighted by Crippen LogP contribution is -2.38. The maximum Gasteiger partial charge on any atom is 0.292 e. The first-order valence-electron chi connectivity index (χ1n) is 19.1. The fourth-order valence-corrected chi connectivity index (χ4v) is 8.98. The second-order valence-electron chi connectivity index (χ2n) is 15.2. The van der Waals surface area contributed by atoms with Crippen LogP contribution >= 0.6 is 23.5 Å². The highest BCUT2D eigenvalue weighted by Crippen LogP contribution is 2.48. The summed E-state index contributed by atoms with van der Waals surface area (Å²) in [6.45, 7) is 4.18. The maximum atomic E-state index is 15.5. The number of nitrogens with one attached hydrogen (secondary N) is 2. The van der Waals surface area contributed by atoms with Gasteiger partial charge in [-0.1, -0.05) is 54.7 Å². The topological polar surface area (TPSA) is 112 Å². The minimum Gasteiger partial charge on any atom is -0.344 e. The lowest BCUT2D eigenvalue weighted by atomic mass is 9.95. The Morgan fingerprint density at radius 2 is 1.72 bits per heavy atom. The molecule has 0 bridgehead atoms. The predicted octanol–water partition coefficient (Wildman–Crippen LogP) is 9.70. The number of carbonyl (C=O) groups excluding carboxylic acids is 1. The quantitative estimate of drug-likeness (QED) is 0.0984. The minimum atomic E-state index is -3.57. The number of halogens is 7. The summed E-state index contributed by atoms with van der Waals surface area (Å²) in [5.74, 6) is -7.46. The van der Waals surface area contributed by atoms with Gasteiger partial charge in [-0.2, -0.15) is 19.0 Å². The first-order chi connectivity index (χ1) is 29.0. The van der Waals surface area contributed by atoms with Gasteiger partial charge < -0.3 is 10.0 Å². The molecule has 2 N–H and O–H groups in total. The molecular formula is C43H37ClF6N8O2S. The van der Waals surface area contributed by atoms with Gasteiger partial charge in [0.25, 0.3) is 17.9 Å². The standard InChI is InChI=1S/C43H37ClF6N8O2S/c1-20-7-6-8-21(2)34(20)24-9-10-27-30(17-24)52-41(58(42(27)60)32-12-11-29(44)35-37(32)56(4)54-40(35)55-61-5)31(16-23-14-25(45)18-26(46)15-23)51-33(59)19-57-38-28(36(53-57)39(47)48)13-22(3)43(38,49)50/h6-12,14-15,17-18,22,31,39H,13,16,19H2,1-5H3,(H,51,59)(H,54,55). The highest BCUT2D eigenvalue weighted by Gasteiger charge is 2.51. The first-order valence-corrected chi connectivity index (χ1v) is 20.7. The molecule has 0 radical (unpaired) electrons. The molecule has 61 heavy (non-hydrogen) atoms. The Bertz CT molecular complexity index is 2930. The zero-order chi connectivity index (χ0) is 43.7. The number of fused-ring (bicyclic) bond motifs is 3. The van der Waals surface area contributed by atoms with Crippen molar-refractivity contribution in [2.75, 3.05) is 11.0 Å². The van der Waals surface area contributed by atoms with Gasteiger partial charge in [0.1, 0.15) is 35.4 Å². The van der Waals surface area contributed by atoms with E-state index in [9.17, 15) is 22.4 Å². The van der Waals surface area contributed by atoms with Crippen LogP contribution in [0, 0.1) is 31.4 Å². The second-order valence-corrected chi connectivity index (χ2v) is 16.2. The molecule has 1 aliphatic carbocycles. The van der Waals surface area contributed by atoms with Crippen molar-refractivity contribution in [3.63, 3.8) is 0 Å². The third kappa shape index (κ3) is 7.40. The molecule has 10 nitrogen and oxygen atoms in total. The van der Waals surface area contributed by atoms with Crippen LogP contribution in [0.4, 0.5) is 32.2 Å².